The summed E-state index contributed by atoms with van der Waals surface area (Å²) in [5.74, 6) is 1.45. The predicted octanol–water partition coefficient (Wildman–Crippen LogP) is 3.48. The standard InChI is InChI=1S/C17H20N2O/c1-11(2)8-16(20)19-7-6-14-10-13-5-4-12(3)9-15(13)18-17(14)19/h4-5,9-11H,6-8H2,1-3H3. The first-order valence-electron chi connectivity index (χ1n) is 7.25. The molecule has 3 heteroatoms. The molecular formula is C17H20N2O. The number of amides is 1. The molecule has 1 aromatic carbocycles. The first-order valence-corrected chi connectivity index (χ1v) is 7.25. The third-order valence-electron chi connectivity index (χ3n) is 3.77. The van der Waals surface area contributed by atoms with Crippen LogP contribution in [0.1, 0.15) is 31.4 Å². The molecule has 104 valence electrons. The number of hydrogen-bond acceptors (Lipinski definition) is 2. The van der Waals surface area contributed by atoms with Crippen molar-refractivity contribution in [3.05, 3.63) is 35.4 Å². The van der Waals surface area contributed by atoms with Gasteiger partial charge in [-0.25, -0.2) is 4.98 Å². The van der Waals surface area contributed by atoms with Gasteiger partial charge in [0.1, 0.15) is 5.82 Å². The molecule has 1 amide bonds. The van der Waals surface area contributed by atoms with Crippen molar-refractivity contribution in [1.82, 2.24) is 4.98 Å². The van der Waals surface area contributed by atoms with E-state index in [1.165, 1.54) is 11.1 Å². The van der Waals surface area contributed by atoms with E-state index in [0.717, 1.165) is 29.7 Å². The number of aryl methyl sites for hydroxylation is 1. The minimum absolute atomic E-state index is 0.193. The molecule has 0 aliphatic carbocycles. The van der Waals surface area contributed by atoms with E-state index in [-0.39, 0.29) is 5.91 Å². The van der Waals surface area contributed by atoms with Crippen molar-refractivity contribution in [2.45, 2.75) is 33.6 Å². The summed E-state index contributed by atoms with van der Waals surface area (Å²) in [5.41, 5.74) is 3.37. The van der Waals surface area contributed by atoms with Gasteiger partial charge in [-0.05, 0) is 42.5 Å². The molecular weight excluding hydrogens is 248 g/mol. The molecule has 0 bridgehead atoms. The van der Waals surface area contributed by atoms with Crippen LogP contribution in [0.15, 0.2) is 24.3 Å². The highest BCUT2D eigenvalue weighted by Crippen LogP contribution is 2.30. The van der Waals surface area contributed by atoms with Crippen LogP contribution in [0, 0.1) is 12.8 Å². The smallest absolute Gasteiger partial charge is 0.228 e. The van der Waals surface area contributed by atoms with Gasteiger partial charge in [-0.1, -0.05) is 26.0 Å². The van der Waals surface area contributed by atoms with Crippen LogP contribution < -0.4 is 4.90 Å². The first-order chi connectivity index (χ1) is 9.54. The van der Waals surface area contributed by atoms with Gasteiger partial charge in [0.2, 0.25) is 5.91 Å². The first kappa shape index (κ1) is 13.1. The summed E-state index contributed by atoms with van der Waals surface area (Å²) in [6, 6.07) is 8.47. The average Bonchev–Trinajstić information content (AvgIpc) is 2.78. The zero-order chi connectivity index (χ0) is 14.3. The van der Waals surface area contributed by atoms with Gasteiger partial charge in [0.25, 0.3) is 0 Å². The Kier molecular flexibility index (Phi) is 3.20. The molecule has 20 heavy (non-hydrogen) atoms. The maximum Gasteiger partial charge on any atom is 0.228 e. The topological polar surface area (TPSA) is 33.2 Å². The fourth-order valence-corrected chi connectivity index (χ4v) is 2.77. The SMILES string of the molecule is Cc1ccc2cc3c(nc2c1)N(C(=O)CC(C)C)CC3. The van der Waals surface area contributed by atoms with E-state index in [4.69, 9.17) is 4.98 Å². The summed E-state index contributed by atoms with van der Waals surface area (Å²) in [4.78, 5) is 18.9. The van der Waals surface area contributed by atoms with Crippen molar-refractivity contribution in [3.63, 3.8) is 0 Å². The second kappa shape index (κ2) is 4.89. The number of rotatable bonds is 2. The zero-order valence-corrected chi connectivity index (χ0v) is 12.3. The average molecular weight is 268 g/mol. The van der Waals surface area contributed by atoms with E-state index in [1.54, 1.807) is 0 Å². The van der Waals surface area contributed by atoms with Gasteiger partial charge in [-0.15, -0.1) is 0 Å². The van der Waals surface area contributed by atoms with Gasteiger partial charge in [0, 0.05) is 18.4 Å². The Morgan fingerprint density at radius 2 is 2.15 bits per heavy atom. The van der Waals surface area contributed by atoms with E-state index in [2.05, 4.69) is 45.0 Å². The van der Waals surface area contributed by atoms with Crippen molar-refractivity contribution in [2.75, 3.05) is 11.4 Å². The Labute approximate surface area is 119 Å². The van der Waals surface area contributed by atoms with Gasteiger partial charge < -0.3 is 0 Å². The van der Waals surface area contributed by atoms with Crippen LogP contribution in [0.4, 0.5) is 5.82 Å². The Hall–Kier alpha value is -1.90. The molecule has 1 aliphatic heterocycles. The summed E-state index contributed by atoms with van der Waals surface area (Å²) >= 11 is 0. The quantitative estimate of drug-likeness (QED) is 0.835. The molecule has 1 aliphatic rings. The minimum atomic E-state index is 0.193. The number of benzene rings is 1. The molecule has 0 radical (unpaired) electrons. The number of carbonyl (C=O) groups is 1. The van der Waals surface area contributed by atoms with Gasteiger partial charge in [-0.3, -0.25) is 9.69 Å². The highest BCUT2D eigenvalue weighted by Gasteiger charge is 2.26. The minimum Gasteiger partial charge on any atom is -0.296 e. The summed E-state index contributed by atoms with van der Waals surface area (Å²) in [6.07, 6.45) is 1.50. The molecule has 2 heterocycles. The van der Waals surface area contributed by atoms with E-state index in [0.29, 0.717) is 12.3 Å². The summed E-state index contributed by atoms with van der Waals surface area (Å²) in [5, 5.41) is 1.16. The largest absolute Gasteiger partial charge is 0.296 e. The zero-order valence-electron chi connectivity index (χ0n) is 12.3. The summed E-state index contributed by atoms with van der Waals surface area (Å²) < 4.78 is 0. The van der Waals surface area contributed by atoms with Crippen molar-refractivity contribution >= 4 is 22.6 Å². The number of aromatic nitrogens is 1. The lowest BCUT2D eigenvalue weighted by Crippen LogP contribution is -2.30. The number of nitrogens with zero attached hydrogens (tertiary/aromatic N) is 2. The maximum absolute atomic E-state index is 12.3. The molecule has 0 saturated carbocycles. The third-order valence-corrected chi connectivity index (χ3v) is 3.77. The molecule has 3 nitrogen and oxygen atoms in total. The van der Waals surface area contributed by atoms with Crippen LogP contribution in [0.3, 0.4) is 0 Å². The fraction of sp³-hybridized carbons (Fsp3) is 0.412. The van der Waals surface area contributed by atoms with Crippen LogP contribution in [-0.4, -0.2) is 17.4 Å². The van der Waals surface area contributed by atoms with E-state index in [1.807, 2.05) is 4.90 Å². The Balaban J connectivity index is 2.02. The highest BCUT2D eigenvalue weighted by atomic mass is 16.2. The fourth-order valence-electron chi connectivity index (χ4n) is 2.77. The van der Waals surface area contributed by atoms with E-state index >= 15 is 0 Å². The Morgan fingerprint density at radius 3 is 2.90 bits per heavy atom. The lowest BCUT2D eigenvalue weighted by atomic mass is 10.1. The van der Waals surface area contributed by atoms with Crippen molar-refractivity contribution < 1.29 is 4.79 Å². The summed E-state index contributed by atoms with van der Waals surface area (Å²) in [6.45, 7) is 6.98. The molecule has 0 unspecified atom stereocenters. The van der Waals surface area contributed by atoms with Gasteiger partial charge in [-0.2, -0.15) is 0 Å². The Morgan fingerprint density at radius 1 is 1.35 bits per heavy atom. The second-order valence-electron chi connectivity index (χ2n) is 6.06. The second-order valence-corrected chi connectivity index (χ2v) is 6.06. The summed E-state index contributed by atoms with van der Waals surface area (Å²) in [7, 11) is 0. The Bertz CT molecular complexity index is 676. The lowest BCUT2D eigenvalue weighted by molar-refractivity contribution is -0.119. The molecule has 3 rings (SSSR count). The van der Waals surface area contributed by atoms with Crippen molar-refractivity contribution in [3.8, 4) is 0 Å². The van der Waals surface area contributed by atoms with E-state index < -0.39 is 0 Å². The van der Waals surface area contributed by atoms with Crippen LogP contribution in [0.2, 0.25) is 0 Å². The van der Waals surface area contributed by atoms with Gasteiger partial charge in [0.05, 0.1) is 5.52 Å². The van der Waals surface area contributed by atoms with Crippen LogP contribution in [0.5, 0.6) is 0 Å². The molecule has 0 atom stereocenters. The highest BCUT2D eigenvalue weighted by molar-refractivity contribution is 5.96. The molecule has 0 saturated heterocycles. The van der Waals surface area contributed by atoms with Crippen LogP contribution >= 0.6 is 0 Å². The number of carbonyl (C=O) groups excluding carboxylic acids is 1. The lowest BCUT2D eigenvalue weighted by Gasteiger charge is -2.17. The molecule has 2 aromatic rings. The third kappa shape index (κ3) is 2.28. The van der Waals surface area contributed by atoms with Crippen molar-refractivity contribution in [1.29, 1.82) is 0 Å². The number of pyridine rings is 1. The molecule has 0 spiro atoms. The normalized spacial score (nSPS) is 14.1. The number of anilines is 1. The monoisotopic (exact) mass is 268 g/mol. The van der Waals surface area contributed by atoms with Gasteiger partial charge >= 0.3 is 0 Å². The van der Waals surface area contributed by atoms with Gasteiger partial charge in [0.15, 0.2) is 0 Å². The molecule has 0 fully saturated rings. The van der Waals surface area contributed by atoms with E-state index in [9.17, 15) is 4.79 Å². The number of fused-ring (bicyclic) bond motifs is 2. The van der Waals surface area contributed by atoms with Crippen LogP contribution in [0.25, 0.3) is 10.9 Å². The predicted molar refractivity (Wildman–Crippen MR) is 82.0 cm³/mol. The van der Waals surface area contributed by atoms with Crippen molar-refractivity contribution in [2.24, 2.45) is 5.92 Å². The molecule has 1 aromatic heterocycles. The maximum atomic E-state index is 12.3. The van der Waals surface area contributed by atoms with Crippen LogP contribution in [-0.2, 0) is 11.2 Å². The molecule has 0 N–H and O–H groups in total. The number of hydrogen-bond donors (Lipinski definition) is 0.